The van der Waals surface area contributed by atoms with Crippen molar-refractivity contribution in [1.29, 1.82) is 0 Å². The van der Waals surface area contributed by atoms with Crippen molar-refractivity contribution in [3.05, 3.63) is 65.2 Å². The quantitative estimate of drug-likeness (QED) is 0.757. The van der Waals surface area contributed by atoms with E-state index in [1.807, 2.05) is 31.2 Å². The minimum atomic E-state index is -0.228. The van der Waals surface area contributed by atoms with Crippen LogP contribution in [0.25, 0.3) is 0 Å². The van der Waals surface area contributed by atoms with Gasteiger partial charge in [-0.2, -0.15) is 0 Å². The van der Waals surface area contributed by atoms with Crippen LogP contribution in [0.1, 0.15) is 36.1 Å². The summed E-state index contributed by atoms with van der Waals surface area (Å²) in [7, 11) is 0. The van der Waals surface area contributed by atoms with Crippen molar-refractivity contribution >= 4 is 5.91 Å². The standard InChI is InChI=1S/C20H25N3O2/c1-3-25-17-10-6-15(7-11-17)13-21-20(24)19-12-18(22-23-19)16-8-4-14(2)5-9-16/h4-11,18-19,22-23H,3,12-13H2,1-2H3,(H,21,24). The summed E-state index contributed by atoms with van der Waals surface area (Å²) >= 11 is 0. The number of amides is 1. The van der Waals surface area contributed by atoms with Gasteiger partial charge in [0, 0.05) is 12.6 Å². The molecule has 0 spiro atoms. The Hall–Kier alpha value is -2.37. The SMILES string of the molecule is CCOc1ccc(CNC(=O)C2CC(c3ccc(C)cc3)NN2)cc1. The van der Waals surface area contributed by atoms with Crippen molar-refractivity contribution in [2.75, 3.05) is 6.61 Å². The molecule has 3 N–H and O–H groups in total. The van der Waals surface area contributed by atoms with Crippen LogP contribution in [0.15, 0.2) is 48.5 Å². The van der Waals surface area contributed by atoms with Crippen molar-refractivity contribution in [2.45, 2.75) is 38.9 Å². The van der Waals surface area contributed by atoms with E-state index in [4.69, 9.17) is 4.74 Å². The minimum Gasteiger partial charge on any atom is -0.494 e. The lowest BCUT2D eigenvalue weighted by atomic mass is 10.0. The van der Waals surface area contributed by atoms with Gasteiger partial charge in [-0.3, -0.25) is 4.79 Å². The van der Waals surface area contributed by atoms with E-state index in [1.165, 1.54) is 11.1 Å². The van der Waals surface area contributed by atoms with Gasteiger partial charge in [-0.1, -0.05) is 42.0 Å². The van der Waals surface area contributed by atoms with Gasteiger partial charge >= 0.3 is 0 Å². The Bertz CT molecular complexity index is 698. The van der Waals surface area contributed by atoms with E-state index in [0.717, 1.165) is 17.7 Å². The maximum absolute atomic E-state index is 12.4. The fourth-order valence-corrected chi connectivity index (χ4v) is 2.93. The second-order valence-electron chi connectivity index (χ2n) is 6.34. The van der Waals surface area contributed by atoms with Gasteiger partial charge in [0.2, 0.25) is 5.91 Å². The second-order valence-corrected chi connectivity index (χ2v) is 6.34. The molecule has 2 aromatic rings. The number of rotatable bonds is 6. The summed E-state index contributed by atoms with van der Waals surface area (Å²) in [5.74, 6) is 0.858. The van der Waals surface area contributed by atoms with E-state index in [9.17, 15) is 4.79 Å². The summed E-state index contributed by atoms with van der Waals surface area (Å²) in [5.41, 5.74) is 9.80. The van der Waals surface area contributed by atoms with Crippen LogP contribution in [0.3, 0.4) is 0 Å². The smallest absolute Gasteiger partial charge is 0.238 e. The number of carbonyl (C=O) groups is 1. The van der Waals surface area contributed by atoms with Crippen molar-refractivity contribution in [3.63, 3.8) is 0 Å². The number of benzene rings is 2. The van der Waals surface area contributed by atoms with Crippen LogP contribution in [0, 0.1) is 6.92 Å². The summed E-state index contributed by atoms with van der Waals surface area (Å²) in [6.07, 6.45) is 0.734. The lowest BCUT2D eigenvalue weighted by molar-refractivity contribution is -0.123. The van der Waals surface area contributed by atoms with Gasteiger partial charge in [-0.25, -0.2) is 10.9 Å². The van der Waals surface area contributed by atoms with Gasteiger partial charge < -0.3 is 10.1 Å². The molecule has 0 saturated carbocycles. The Morgan fingerprint density at radius 1 is 1.12 bits per heavy atom. The molecule has 1 aliphatic rings. The van der Waals surface area contributed by atoms with Crippen LogP contribution in [-0.2, 0) is 11.3 Å². The molecule has 1 fully saturated rings. The molecule has 1 saturated heterocycles. The topological polar surface area (TPSA) is 62.4 Å². The fraction of sp³-hybridized carbons (Fsp3) is 0.350. The first kappa shape index (κ1) is 17.5. The van der Waals surface area contributed by atoms with E-state index < -0.39 is 0 Å². The molecule has 3 rings (SSSR count). The van der Waals surface area contributed by atoms with Crippen molar-refractivity contribution < 1.29 is 9.53 Å². The second kappa shape index (κ2) is 8.14. The zero-order chi connectivity index (χ0) is 17.6. The molecule has 2 atom stereocenters. The maximum atomic E-state index is 12.4. The highest BCUT2D eigenvalue weighted by Gasteiger charge is 2.29. The third kappa shape index (κ3) is 4.59. The highest BCUT2D eigenvalue weighted by atomic mass is 16.5. The molecule has 2 unspecified atom stereocenters. The van der Waals surface area contributed by atoms with E-state index >= 15 is 0 Å². The van der Waals surface area contributed by atoms with Crippen LogP contribution in [0.2, 0.25) is 0 Å². The molecule has 5 heteroatoms. The number of carbonyl (C=O) groups excluding carboxylic acids is 1. The highest BCUT2D eigenvalue weighted by Crippen LogP contribution is 2.22. The number of ether oxygens (including phenoxy) is 1. The Kier molecular flexibility index (Phi) is 5.68. The van der Waals surface area contributed by atoms with Crippen molar-refractivity contribution in [3.8, 4) is 5.75 Å². The predicted octanol–water partition coefficient (Wildman–Crippen LogP) is 2.62. The normalized spacial score (nSPS) is 19.6. The molecular formula is C20H25N3O2. The molecule has 132 valence electrons. The molecule has 0 bridgehead atoms. The average molecular weight is 339 g/mol. The molecule has 1 heterocycles. The zero-order valence-corrected chi connectivity index (χ0v) is 14.7. The van der Waals surface area contributed by atoms with E-state index in [-0.39, 0.29) is 18.0 Å². The molecule has 5 nitrogen and oxygen atoms in total. The molecule has 0 aliphatic carbocycles. The van der Waals surface area contributed by atoms with Crippen LogP contribution in [-0.4, -0.2) is 18.6 Å². The lowest BCUT2D eigenvalue weighted by Crippen LogP contribution is -2.42. The summed E-state index contributed by atoms with van der Waals surface area (Å²) in [6, 6.07) is 16.1. The number of hydrogen-bond acceptors (Lipinski definition) is 4. The number of hydrogen-bond donors (Lipinski definition) is 3. The highest BCUT2D eigenvalue weighted by molar-refractivity contribution is 5.82. The third-order valence-electron chi connectivity index (χ3n) is 4.40. The summed E-state index contributed by atoms with van der Waals surface area (Å²) in [5, 5.41) is 2.99. The Morgan fingerprint density at radius 2 is 1.84 bits per heavy atom. The van der Waals surface area contributed by atoms with E-state index in [0.29, 0.717) is 13.2 Å². The third-order valence-corrected chi connectivity index (χ3v) is 4.40. The Morgan fingerprint density at radius 3 is 2.52 bits per heavy atom. The average Bonchev–Trinajstić information content (AvgIpc) is 3.12. The zero-order valence-electron chi connectivity index (χ0n) is 14.7. The molecule has 2 aromatic carbocycles. The van der Waals surface area contributed by atoms with Gasteiger partial charge in [0.25, 0.3) is 0 Å². The number of aryl methyl sites for hydroxylation is 1. The summed E-state index contributed by atoms with van der Waals surface area (Å²) < 4.78 is 5.42. The molecule has 0 aromatic heterocycles. The lowest BCUT2D eigenvalue weighted by Gasteiger charge is -2.11. The molecule has 1 aliphatic heterocycles. The first-order valence-corrected chi connectivity index (χ1v) is 8.73. The summed E-state index contributed by atoms with van der Waals surface area (Å²) in [6.45, 7) is 5.19. The molecule has 0 radical (unpaired) electrons. The van der Waals surface area contributed by atoms with Crippen LogP contribution >= 0.6 is 0 Å². The van der Waals surface area contributed by atoms with Gasteiger partial charge in [0.05, 0.1) is 6.61 Å². The number of hydrazine groups is 1. The van der Waals surface area contributed by atoms with Crippen molar-refractivity contribution in [1.82, 2.24) is 16.2 Å². The van der Waals surface area contributed by atoms with Gasteiger partial charge in [-0.05, 0) is 43.5 Å². The van der Waals surface area contributed by atoms with Gasteiger partial charge in [0.1, 0.15) is 11.8 Å². The first-order valence-electron chi connectivity index (χ1n) is 8.73. The van der Waals surface area contributed by atoms with Crippen molar-refractivity contribution in [2.24, 2.45) is 0 Å². The van der Waals surface area contributed by atoms with E-state index in [1.54, 1.807) is 0 Å². The maximum Gasteiger partial charge on any atom is 0.238 e. The molecule has 25 heavy (non-hydrogen) atoms. The molecule has 1 amide bonds. The van der Waals surface area contributed by atoms with Crippen LogP contribution in [0.4, 0.5) is 0 Å². The first-order chi connectivity index (χ1) is 12.2. The number of nitrogens with one attached hydrogen (secondary N) is 3. The fourth-order valence-electron chi connectivity index (χ4n) is 2.93. The monoisotopic (exact) mass is 339 g/mol. The predicted molar refractivity (Wildman–Crippen MR) is 98.1 cm³/mol. The van der Waals surface area contributed by atoms with Crippen LogP contribution in [0.5, 0.6) is 5.75 Å². The summed E-state index contributed by atoms with van der Waals surface area (Å²) in [4.78, 5) is 12.4. The molecular weight excluding hydrogens is 314 g/mol. The Balaban J connectivity index is 1.49. The van der Waals surface area contributed by atoms with Gasteiger partial charge in [-0.15, -0.1) is 0 Å². The van der Waals surface area contributed by atoms with Crippen LogP contribution < -0.4 is 20.9 Å². The minimum absolute atomic E-state index is 0.0102. The van der Waals surface area contributed by atoms with Gasteiger partial charge in [0.15, 0.2) is 0 Å². The Labute approximate surface area is 148 Å². The largest absolute Gasteiger partial charge is 0.494 e. The van der Waals surface area contributed by atoms with E-state index in [2.05, 4.69) is 47.4 Å².